The van der Waals surface area contributed by atoms with Crippen LogP contribution in [0.25, 0.3) is 56.7 Å². The number of fused-ring (bicyclic) bond motifs is 2. The van der Waals surface area contributed by atoms with Crippen molar-refractivity contribution in [1.82, 2.24) is 0 Å². The molecule has 295 valence electrons. The van der Waals surface area contributed by atoms with Crippen molar-refractivity contribution in [2.45, 2.75) is 89.6 Å². The quantitative estimate of drug-likeness (QED) is 0.140. The fourth-order valence-electron chi connectivity index (χ4n) is 11.1. The summed E-state index contributed by atoms with van der Waals surface area (Å²) in [5.41, 5.74) is 28.1. The van der Waals surface area contributed by atoms with E-state index in [9.17, 15) is 0 Å². The molecule has 6 aromatic rings. The Kier molecular flexibility index (Phi) is 10.6. The maximum absolute atomic E-state index is 9.08. The fraction of sp³-hybridized carbons (Fsp3) is 0.259. The number of rotatable bonds is 7. The Balaban J connectivity index is 1.47. The van der Waals surface area contributed by atoms with Crippen LogP contribution >= 0.6 is 17.0 Å². The van der Waals surface area contributed by atoms with Gasteiger partial charge in [0.1, 0.15) is 0 Å². The van der Waals surface area contributed by atoms with Crippen LogP contribution in [0.3, 0.4) is 0 Å². The molecule has 0 spiro atoms. The SMILES string of the molecule is CC1=Cc2c(-c3cc(C)cc(C)c3)ccc(-c3cc(C)cc(C)c3)c2[CH]1[Zr]([Cl])([Cl])([CH]1C(C)=Cc2c(-c3cc(C)cc(C)c3)ccc(-c3cc(C)cc(C)c3)c21)[SiH](C)C. The summed E-state index contributed by atoms with van der Waals surface area (Å²) < 4.78 is -0.103. The van der Waals surface area contributed by atoms with Gasteiger partial charge >= 0.3 is 360 Å². The molecular weight excluding hydrogens is 839 g/mol. The normalized spacial score (nSPS) is 16.8. The van der Waals surface area contributed by atoms with Gasteiger partial charge in [0.25, 0.3) is 0 Å². The molecule has 2 aliphatic carbocycles. The van der Waals surface area contributed by atoms with E-state index in [1.54, 1.807) is 0 Å². The first-order valence-corrected chi connectivity index (χ1v) is 37.3. The van der Waals surface area contributed by atoms with Crippen molar-refractivity contribution >= 4 is 35.1 Å². The number of aryl methyl sites for hydroxylation is 8. The molecule has 6 aromatic carbocycles. The van der Waals surface area contributed by atoms with Crippen molar-refractivity contribution in [2.24, 2.45) is 0 Å². The van der Waals surface area contributed by atoms with E-state index in [0.29, 0.717) is 0 Å². The molecule has 2 atom stereocenters. The Labute approximate surface area is 356 Å². The Morgan fingerprint density at radius 1 is 0.379 bits per heavy atom. The topological polar surface area (TPSA) is 0 Å². The van der Waals surface area contributed by atoms with Crippen molar-refractivity contribution in [1.29, 1.82) is 0 Å². The number of benzene rings is 6. The zero-order valence-electron chi connectivity index (χ0n) is 36.4. The van der Waals surface area contributed by atoms with Gasteiger partial charge < -0.3 is 0 Å². The van der Waals surface area contributed by atoms with Gasteiger partial charge in [-0.15, -0.1) is 0 Å². The average molecular weight is 896 g/mol. The average Bonchev–Trinajstić information content (AvgIpc) is 3.66. The molecule has 0 bridgehead atoms. The van der Waals surface area contributed by atoms with Crippen molar-refractivity contribution in [3.8, 4) is 44.5 Å². The molecule has 0 aromatic heterocycles. The molecule has 8 rings (SSSR count). The van der Waals surface area contributed by atoms with Crippen LogP contribution in [-0.2, 0) is 15.6 Å². The van der Waals surface area contributed by atoms with Gasteiger partial charge in [0.05, 0.1) is 0 Å². The van der Waals surface area contributed by atoms with Crippen LogP contribution in [0.4, 0.5) is 0 Å². The summed E-state index contributed by atoms with van der Waals surface area (Å²) in [5, 5.41) is 0. The van der Waals surface area contributed by atoms with E-state index in [-0.39, 0.29) is 7.25 Å². The Hall–Kier alpha value is -3.52. The maximum atomic E-state index is 9.08. The van der Waals surface area contributed by atoms with Crippen molar-refractivity contribution < 1.29 is 15.6 Å². The van der Waals surface area contributed by atoms with Crippen molar-refractivity contribution in [2.75, 3.05) is 0 Å². The Morgan fingerprint density at radius 2 is 0.621 bits per heavy atom. The van der Waals surface area contributed by atoms with E-state index in [0.717, 1.165) is 0 Å². The van der Waals surface area contributed by atoms with Crippen LogP contribution in [0.15, 0.2) is 108 Å². The minimum absolute atomic E-state index is 0.0515. The predicted octanol–water partition coefficient (Wildman–Crippen LogP) is 16.4. The second kappa shape index (κ2) is 14.9. The van der Waals surface area contributed by atoms with Gasteiger partial charge in [0.15, 0.2) is 0 Å². The molecule has 4 heteroatoms. The molecular formula is C54H57Cl2SiZr. The molecule has 0 N–H and O–H groups in total. The molecule has 2 aliphatic rings. The van der Waals surface area contributed by atoms with Gasteiger partial charge in [0, 0.05) is 0 Å². The first-order chi connectivity index (χ1) is 27.3. The number of hydrogen-bond acceptors (Lipinski definition) is 0. The first-order valence-electron chi connectivity index (χ1n) is 21.0. The fourth-order valence-corrected chi connectivity index (χ4v) is 43.7. The van der Waals surface area contributed by atoms with Gasteiger partial charge in [-0.25, -0.2) is 0 Å². The minimum atomic E-state index is -5.21. The monoisotopic (exact) mass is 893 g/mol. The Bertz CT molecular complexity index is 2500. The molecule has 0 nitrogen and oxygen atoms in total. The van der Waals surface area contributed by atoms with Gasteiger partial charge in [0.2, 0.25) is 0 Å². The van der Waals surface area contributed by atoms with E-state index >= 15 is 0 Å². The van der Waals surface area contributed by atoms with Crippen LogP contribution in [0.5, 0.6) is 0 Å². The summed E-state index contributed by atoms with van der Waals surface area (Å²) in [5.74, 6) is -1.84. The molecule has 58 heavy (non-hydrogen) atoms. The summed E-state index contributed by atoms with van der Waals surface area (Å²) in [6.45, 7) is 27.3. The van der Waals surface area contributed by atoms with Crippen LogP contribution in [0.2, 0.25) is 13.1 Å². The number of allylic oxidation sites excluding steroid dienone is 2. The van der Waals surface area contributed by atoms with Gasteiger partial charge in [-0.1, -0.05) is 0 Å². The molecule has 2 unspecified atom stereocenters. The second-order valence-corrected chi connectivity index (χ2v) is 61.0. The van der Waals surface area contributed by atoms with Crippen molar-refractivity contribution in [3.05, 3.63) is 175 Å². The van der Waals surface area contributed by atoms with E-state index in [2.05, 4.69) is 192 Å². The predicted molar refractivity (Wildman–Crippen MR) is 256 cm³/mol. The summed E-state index contributed by atoms with van der Waals surface area (Å²) in [6, 6.07) is 37.3. The van der Waals surface area contributed by atoms with E-state index in [1.807, 2.05) is 0 Å². The summed E-state index contributed by atoms with van der Waals surface area (Å²) in [7, 11) is 18.2. The third kappa shape index (κ3) is 6.85. The third-order valence-electron chi connectivity index (χ3n) is 13.1. The van der Waals surface area contributed by atoms with Crippen molar-refractivity contribution in [3.63, 3.8) is 0 Å². The summed E-state index contributed by atoms with van der Waals surface area (Å²) in [6.07, 6.45) is 4.94. The molecule has 0 radical (unpaired) electrons. The van der Waals surface area contributed by atoms with Crippen LogP contribution in [0.1, 0.15) is 87.9 Å². The Morgan fingerprint density at radius 3 is 0.879 bits per heavy atom. The molecule has 0 fully saturated rings. The van der Waals surface area contributed by atoms with Gasteiger partial charge in [-0.2, -0.15) is 0 Å². The molecule has 0 aliphatic heterocycles. The molecule has 0 saturated heterocycles. The molecule has 0 saturated carbocycles. The third-order valence-corrected chi connectivity index (χ3v) is 65.3. The van der Waals surface area contributed by atoms with E-state index < -0.39 is 21.5 Å². The van der Waals surface area contributed by atoms with E-state index in [1.165, 1.54) is 122 Å². The standard InChI is InChI=1S/2C26H25.C2H7Si.2ClH.Zr/c2*1-16-8-17(2)11-21(10-16)23-6-7-24(26-15-20(5)14-25(23)26)22-12-18(3)9-19(4)13-22;1-3-2;;;/h2*6-15H,1-5H3;3H,1-2H3;2*1H;/q;;;;;+2/p-2. The van der Waals surface area contributed by atoms with Crippen LogP contribution in [0, 0.1) is 55.4 Å². The zero-order valence-corrected chi connectivity index (χ0v) is 41.5. The summed E-state index contributed by atoms with van der Waals surface area (Å²) >= 11 is -5.21. The second-order valence-electron chi connectivity index (χ2n) is 18.5. The zero-order chi connectivity index (χ0) is 41.6. The summed E-state index contributed by atoms with van der Waals surface area (Å²) in [4.78, 5) is 0. The molecule has 0 amide bonds. The van der Waals surface area contributed by atoms with Gasteiger partial charge in [-0.3, -0.25) is 0 Å². The van der Waals surface area contributed by atoms with Crippen LogP contribution < -0.4 is 0 Å². The molecule has 0 heterocycles. The first kappa shape index (κ1) is 41.2. The van der Waals surface area contributed by atoms with E-state index in [4.69, 9.17) is 17.0 Å². The van der Waals surface area contributed by atoms with Gasteiger partial charge in [-0.05, 0) is 0 Å². The number of hydrogen-bond donors (Lipinski definition) is 0. The number of halogens is 2. The van der Waals surface area contributed by atoms with Crippen LogP contribution in [-0.4, -0.2) is 5.92 Å².